The van der Waals surface area contributed by atoms with Crippen molar-refractivity contribution in [1.29, 1.82) is 0 Å². The Hall–Kier alpha value is -1.18. The van der Waals surface area contributed by atoms with Crippen LogP contribution >= 0.6 is 15.9 Å². The van der Waals surface area contributed by atoms with Gasteiger partial charge in [0.25, 0.3) is 0 Å². The summed E-state index contributed by atoms with van der Waals surface area (Å²) in [6, 6.07) is 4.67. The molecule has 0 bridgehead atoms. The molecule has 0 fully saturated rings. The smallest absolute Gasteiger partial charge is 0.310 e. The number of nitro benzene ring substituents is 1. The first kappa shape index (κ1) is 20.9. The summed E-state index contributed by atoms with van der Waals surface area (Å²) in [4.78, 5) is 10.5. The van der Waals surface area contributed by atoms with Gasteiger partial charge in [0.1, 0.15) is 0 Å². The SMILES string of the molecule is CC(C)(C)[Si](C)(C)OC/C=C\CCOc1cc(Br)ccc1[N+](=O)[O-]. The van der Waals surface area contributed by atoms with Crippen LogP contribution in [0.4, 0.5) is 5.69 Å². The Balaban J connectivity index is 2.42. The molecule has 0 aliphatic rings. The van der Waals surface area contributed by atoms with E-state index in [2.05, 4.69) is 49.8 Å². The minimum atomic E-state index is -1.72. The highest BCUT2D eigenvalue weighted by molar-refractivity contribution is 9.10. The molecule has 0 atom stereocenters. The number of halogens is 1. The summed E-state index contributed by atoms with van der Waals surface area (Å²) in [6.07, 6.45) is 4.64. The molecule has 0 spiro atoms. The Labute approximate surface area is 153 Å². The van der Waals surface area contributed by atoms with Gasteiger partial charge in [-0.2, -0.15) is 0 Å². The van der Waals surface area contributed by atoms with Gasteiger partial charge >= 0.3 is 5.69 Å². The van der Waals surface area contributed by atoms with E-state index < -0.39 is 13.2 Å². The first-order valence-electron chi connectivity index (χ1n) is 7.90. The van der Waals surface area contributed by atoms with Crippen LogP contribution < -0.4 is 4.74 Å². The third kappa shape index (κ3) is 6.37. The third-order valence-electron chi connectivity index (χ3n) is 4.17. The molecule has 1 aromatic rings. The minimum Gasteiger partial charge on any atom is -0.486 e. The molecule has 0 aliphatic heterocycles. The quantitative estimate of drug-likeness (QED) is 0.179. The van der Waals surface area contributed by atoms with Crippen molar-refractivity contribution in [3.63, 3.8) is 0 Å². The van der Waals surface area contributed by atoms with E-state index in [1.54, 1.807) is 12.1 Å². The maximum atomic E-state index is 11.0. The van der Waals surface area contributed by atoms with Crippen molar-refractivity contribution in [1.82, 2.24) is 0 Å². The van der Waals surface area contributed by atoms with Crippen molar-refractivity contribution in [3.05, 3.63) is 44.9 Å². The molecule has 1 rings (SSSR count). The molecule has 7 heteroatoms. The molecule has 0 saturated heterocycles. The van der Waals surface area contributed by atoms with E-state index in [0.29, 0.717) is 19.6 Å². The van der Waals surface area contributed by atoms with Gasteiger partial charge in [0.05, 0.1) is 18.1 Å². The van der Waals surface area contributed by atoms with Gasteiger partial charge in [-0.25, -0.2) is 0 Å². The van der Waals surface area contributed by atoms with Gasteiger partial charge in [0.2, 0.25) is 0 Å². The maximum Gasteiger partial charge on any atom is 0.310 e. The van der Waals surface area contributed by atoms with Gasteiger partial charge in [-0.3, -0.25) is 10.1 Å². The van der Waals surface area contributed by atoms with Crippen molar-refractivity contribution in [2.24, 2.45) is 0 Å². The molecule has 0 N–H and O–H groups in total. The topological polar surface area (TPSA) is 61.6 Å². The van der Waals surface area contributed by atoms with Crippen LogP contribution in [0.3, 0.4) is 0 Å². The predicted molar refractivity (Wildman–Crippen MR) is 103 cm³/mol. The highest BCUT2D eigenvalue weighted by Crippen LogP contribution is 2.36. The van der Waals surface area contributed by atoms with Gasteiger partial charge in [0, 0.05) is 16.6 Å². The average molecular weight is 416 g/mol. The zero-order chi connectivity index (χ0) is 18.4. The summed E-state index contributed by atoms with van der Waals surface area (Å²) in [5, 5.41) is 11.2. The lowest BCUT2D eigenvalue weighted by molar-refractivity contribution is -0.385. The summed E-state index contributed by atoms with van der Waals surface area (Å²) in [5.74, 6) is 0.278. The normalized spacial score (nSPS) is 12.6. The second kappa shape index (κ2) is 8.78. The maximum absolute atomic E-state index is 11.0. The Bertz CT molecular complexity index is 597. The van der Waals surface area contributed by atoms with E-state index in [9.17, 15) is 10.1 Å². The van der Waals surface area contributed by atoms with Crippen LogP contribution in [0.5, 0.6) is 5.75 Å². The van der Waals surface area contributed by atoms with Crippen molar-refractivity contribution in [2.45, 2.75) is 45.3 Å². The number of hydrogen-bond donors (Lipinski definition) is 0. The van der Waals surface area contributed by atoms with Crippen LogP contribution in [0.25, 0.3) is 0 Å². The van der Waals surface area contributed by atoms with E-state index in [1.165, 1.54) is 6.07 Å². The second-order valence-electron chi connectivity index (χ2n) is 7.05. The highest BCUT2D eigenvalue weighted by atomic mass is 79.9. The molecule has 5 nitrogen and oxygen atoms in total. The monoisotopic (exact) mass is 415 g/mol. The van der Waals surface area contributed by atoms with E-state index >= 15 is 0 Å². The highest BCUT2D eigenvalue weighted by Gasteiger charge is 2.36. The molecule has 0 aliphatic carbocycles. The number of ether oxygens (including phenoxy) is 1. The van der Waals surface area contributed by atoms with Gasteiger partial charge in [0.15, 0.2) is 14.1 Å². The predicted octanol–water partition coefficient (Wildman–Crippen LogP) is 5.70. The number of rotatable bonds is 8. The van der Waals surface area contributed by atoms with Crippen LogP contribution in [0, 0.1) is 10.1 Å². The molecule has 1 aromatic carbocycles. The first-order chi connectivity index (χ1) is 11.0. The third-order valence-corrected chi connectivity index (χ3v) is 9.17. The van der Waals surface area contributed by atoms with Gasteiger partial charge < -0.3 is 9.16 Å². The lowest BCUT2D eigenvalue weighted by atomic mass is 10.2. The van der Waals surface area contributed by atoms with Crippen LogP contribution in [0.1, 0.15) is 27.2 Å². The van der Waals surface area contributed by atoms with Crippen molar-refractivity contribution < 1.29 is 14.1 Å². The minimum absolute atomic E-state index is 0.0246. The van der Waals surface area contributed by atoms with Crippen LogP contribution in [-0.4, -0.2) is 26.5 Å². The van der Waals surface area contributed by atoms with E-state index in [-0.39, 0.29) is 16.5 Å². The molecule has 0 unspecified atom stereocenters. The molecular weight excluding hydrogens is 390 g/mol. The molecule has 0 heterocycles. The van der Waals surface area contributed by atoms with E-state index in [1.807, 2.05) is 12.2 Å². The van der Waals surface area contributed by atoms with Gasteiger partial charge in [-0.05, 0) is 30.6 Å². The fourth-order valence-electron chi connectivity index (χ4n) is 1.65. The zero-order valence-corrected chi connectivity index (χ0v) is 17.6. The number of nitro groups is 1. The molecule has 24 heavy (non-hydrogen) atoms. The lowest BCUT2D eigenvalue weighted by Crippen LogP contribution is -2.40. The standard InChI is InChI=1S/C17H26BrNO4Si/c1-17(2,3)24(4,5)23-12-8-6-7-11-22-16-13-14(18)9-10-15(16)19(20)21/h6,8-10,13H,7,11-12H2,1-5H3/b8-6-. The fourth-order valence-corrected chi connectivity index (χ4v) is 2.94. The number of nitrogens with zero attached hydrogens (tertiary/aromatic N) is 1. The van der Waals surface area contributed by atoms with Crippen molar-refractivity contribution in [3.8, 4) is 5.75 Å². The Morgan fingerprint density at radius 3 is 2.54 bits per heavy atom. The molecule has 0 aromatic heterocycles. The largest absolute Gasteiger partial charge is 0.486 e. The first-order valence-corrected chi connectivity index (χ1v) is 11.6. The zero-order valence-electron chi connectivity index (χ0n) is 15.0. The summed E-state index contributed by atoms with van der Waals surface area (Å²) in [5.41, 5.74) is -0.0246. The lowest BCUT2D eigenvalue weighted by Gasteiger charge is -2.35. The van der Waals surface area contributed by atoms with E-state index in [0.717, 1.165) is 4.47 Å². The summed E-state index contributed by atoms with van der Waals surface area (Å²) >= 11 is 3.29. The Morgan fingerprint density at radius 1 is 1.29 bits per heavy atom. The Kier molecular flexibility index (Phi) is 7.63. The van der Waals surface area contributed by atoms with Gasteiger partial charge in [-0.15, -0.1) is 0 Å². The second-order valence-corrected chi connectivity index (χ2v) is 12.8. The van der Waals surface area contributed by atoms with Crippen LogP contribution in [-0.2, 0) is 4.43 Å². The number of hydrogen-bond acceptors (Lipinski definition) is 4. The number of benzene rings is 1. The molecular formula is C17H26BrNO4Si. The van der Waals surface area contributed by atoms with Crippen LogP contribution in [0.15, 0.2) is 34.8 Å². The summed E-state index contributed by atoms with van der Waals surface area (Å²) in [7, 11) is -1.72. The molecule has 134 valence electrons. The van der Waals surface area contributed by atoms with E-state index in [4.69, 9.17) is 9.16 Å². The Morgan fingerprint density at radius 2 is 1.96 bits per heavy atom. The van der Waals surface area contributed by atoms with Crippen molar-refractivity contribution in [2.75, 3.05) is 13.2 Å². The van der Waals surface area contributed by atoms with Gasteiger partial charge in [-0.1, -0.05) is 48.9 Å². The fraction of sp³-hybridized carbons (Fsp3) is 0.529. The summed E-state index contributed by atoms with van der Waals surface area (Å²) < 4.78 is 12.3. The molecule has 0 radical (unpaired) electrons. The van der Waals surface area contributed by atoms with Crippen molar-refractivity contribution >= 4 is 29.9 Å². The average Bonchev–Trinajstić information content (AvgIpc) is 2.44. The summed E-state index contributed by atoms with van der Waals surface area (Å²) in [6.45, 7) is 12.0. The van der Waals surface area contributed by atoms with Crippen LogP contribution in [0.2, 0.25) is 18.1 Å². The molecule has 0 amide bonds. The molecule has 0 saturated carbocycles.